The predicted molar refractivity (Wildman–Crippen MR) is 130 cm³/mol. The molecule has 3 heterocycles. The fourth-order valence-electron chi connectivity index (χ4n) is 3.43. The molecule has 1 amide bonds. The van der Waals surface area contributed by atoms with Gasteiger partial charge in [0.1, 0.15) is 5.75 Å². The number of carbonyl (C=O) groups excluding carboxylic acids is 1. The quantitative estimate of drug-likeness (QED) is 0.451. The molecule has 33 heavy (non-hydrogen) atoms. The van der Waals surface area contributed by atoms with Gasteiger partial charge in [0.15, 0.2) is 6.61 Å². The van der Waals surface area contributed by atoms with E-state index >= 15 is 0 Å². The molecule has 0 aliphatic carbocycles. The second kappa shape index (κ2) is 8.84. The Balaban J connectivity index is 1.66. The van der Waals surface area contributed by atoms with Gasteiger partial charge in [-0.3, -0.25) is 9.78 Å². The van der Waals surface area contributed by atoms with Gasteiger partial charge in [-0.2, -0.15) is 5.10 Å². The van der Waals surface area contributed by atoms with Crippen LogP contribution in [-0.2, 0) is 4.79 Å². The minimum absolute atomic E-state index is 0.0268. The second-order valence-electron chi connectivity index (χ2n) is 7.64. The van der Waals surface area contributed by atoms with Gasteiger partial charge in [-0.15, -0.1) is 11.3 Å². The van der Waals surface area contributed by atoms with E-state index in [-0.39, 0.29) is 12.5 Å². The van der Waals surface area contributed by atoms with Crippen LogP contribution in [0.5, 0.6) is 5.75 Å². The molecule has 4 aromatic rings. The minimum Gasteiger partial charge on any atom is -0.482 e. The van der Waals surface area contributed by atoms with Crippen LogP contribution < -0.4 is 14.9 Å². The molecule has 2 aromatic heterocycles. The standard InChI is InChI=1S/C25H21N5O2S/c1-16-5-8-20(9-6-16)27-25-30(29-17(2)19-4-3-11-26-13-19)22(15-33-25)18-7-10-23-21(12-18)28-24(31)14-32-23/h3-13,15H,14H2,1-2H3,(H,28,31). The Morgan fingerprint density at radius 1 is 1.18 bits per heavy atom. The molecule has 8 heteroatoms. The SMILES string of the molecule is CC(=Nn1c(-c2ccc3c(c2)NC(=O)CO3)csc1=Nc1ccc(C)cc1)c1cccnc1. The first-order chi connectivity index (χ1) is 16.1. The summed E-state index contributed by atoms with van der Waals surface area (Å²) in [6, 6.07) is 17.6. The fourth-order valence-corrected chi connectivity index (χ4v) is 4.28. The van der Waals surface area contributed by atoms with Crippen molar-refractivity contribution in [3.8, 4) is 17.0 Å². The molecule has 1 aliphatic rings. The molecule has 0 atom stereocenters. The molecule has 1 N–H and O–H groups in total. The van der Waals surface area contributed by atoms with Crippen molar-refractivity contribution in [2.24, 2.45) is 10.1 Å². The van der Waals surface area contributed by atoms with Crippen LogP contribution in [0.15, 0.2) is 82.5 Å². The predicted octanol–water partition coefficient (Wildman–Crippen LogP) is 4.76. The third kappa shape index (κ3) is 4.47. The highest BCUT2D eigenvalue weighted by Crippen LogP contribution is 2.33. The maximum absolute atomic E-state index is 11.8. The van der Waals surface area contributed by atoms with Crippen molar-refractivity contribution >= 4 is 34.3 Å². The van der Waals surface area contributed by atoms with E-state index < -0.39 is 0 Å². The molecule has 1 aliphatic heterocycles. The molecule has 0 saturated heterocycles. The van der Waals surface area contributed by atoms with Crippen LogP contribution in [0.25, 0.3) is 11.3 Å². The number of amides is 1. The van der Waals surface area contributed by atoms with Gasteiger partial charge in [0.2, 0.25) is 4.80 Å². The summed E-state index contributed by atoms with van der Waals surface area (Å²) < 4.78 is 7.34. The summed E-state index contributed by atoms with van der Waals surface area (Å²) in [7, 11) is 0. The Labute approximate surface area is 194 Å². The zero-order chi connectivity index (χ0) is 22.8. The molecule has 0 spiro atoms. The van der Waals surface area contributed by atoms with Gasteiger partial charge in [0.25, 0.3) is 5.91 Å². The number of rotatable bonds is 4. The van der Waals surface area contributed by atoms with Crippen LogP contribution in [0.3, 0.4) is 0 Å². The van der Waals surface area contributed by atoms with Crippen molar-refractivity contribution in [1.82, 2.24) is 9.66 Å². The lowest BCUT2D eigenvalue weighted by molar-refractivity contribution is -0.118. The average molecular weight is 456 g/mol. The highest BCUT2D eigenvalue weighted by molar-refractivity contribution is 7.07. The molecule has 7 nitrogen and oxygen atoms in total. The summed E-state index contributed by atoms with van der Waals surface area (Å²) >= 11 is 1.50. The van der Waals surface area contributed by atoms with Gasteiger partial charge in [-0.05, 0) is 50.2 Å². The van der Waals surface area contributed by atoms with Gasteiger partial charge >= 0.3 is 0 Å². The van der Waals surface area contributed by atoms with Crippen molar-refractivity contribution in [2.75, 3.05) is 11.9 Å². The number of thiazole rings is 1. The number of nitrogens with zero attached hydrogens (tertiary/aromatic N) is 4. The van der Waals surface area contributed by atoms with Gasteiger partial charge < -0.3 is 10.1 Å². The van der Waals surface area contributed by atoms with Crippen LogP contribution in [0, 0.1) is 6.92 Å². The fraction of sp³-hybridized carbons (Fsp3) is 0.120. The van der Waals surface area contributed by atoms with Gasteiger partial charge in [0, 0.05) is 28.9 Å². The maximum atomic E-state index is 11.8. The van der Waals surface area contributed by atoms with E-state index in [1.54, 1.807) is 12.4 Å². The van der Waals surface area contributed by atoms with E-state index in [0.29, 0.717) is 11.4 Å². The largest absolute Gasteiger partial charge is 0.482 e. The third-order valence-corrected chi connectivity index (χ3v) is 6.00. The number of aromatic nitrogens is 2. The molecule has 0 bridgehead atoms. The number of anilines is 1. The number of benzene rings is 2. The van der Waals surface area contributed by atoms with Crippen LogP contribution in [0.2, 0.25) is 0 Å². The summed E-state index contributed by atoms with van der Waals surface area (Å²) in [5, 5.41) is 9.78. The Hall–Kier alpha value is -4.04. The second-order valence-corrected chi connectivity index (χ2v) is 8.47. The number of nitrogens with one attached hydrogen (secondary N) is 1. The Bertz CT molecular complexity index is 1420. The summed E-state index contributed by atoms with van der Waals surface area (Å²) in [5.74, 6) is 0.484. The van der Waals surface area contributed by atoms with Gasteiger partial charge in [0.05, 0.1) is 22.8 Å². The number of carbonyl (C=O) groups is 1. The highest BCUT2D eigenvalue weighted by atomic mass is 32.1. The Morgan fingerprint density at radius 2 is 2.03 bits per heavy atom. The zero-order valence-electron chi connectivity index (χ0n) is 18.1. The first-order valence-electron chi connectivity index (χ1n) is 10.4. The topological polar surface area (TPSA) is 80.9 Å². The van der Waals surface area contributed by atoms with E-state index in [4.69, 9.17) is 14.8 Å². The maximum Gasteiger partial charge on any atom is 0.262 e. The average Bonchev–Trinajstić information content (AvgIpc) is 3.22. The number of ether oxygens (including phenoxy) is 1. The molecule has 164 valence electrons. The monoisotopic (exact) mass is 455 g/mol. The smallest absolute Gasteiger partial charge is 0.262 e. The van der Waals surface area contributed by atoms with E-state index in [1.807, 2.05) is 78.5 Å². The Kier molecular flexibility index (Phi) is 5.58. The minimum atomic E-state index is -0.168. The Morgan fingerprint density at radius 3 is 2.82 bits per heavy atom. The number of aryl methyl sites for hydroxylation is 1. The first-order valence-corrected chi connectivity index (χ1v) is 11.3. The number of hydrogen-bond acceptors (Lipinski definition) is 6. The van der Waals surface area contributed by atoms with Crippen LogP contribution in [-0.4, -0.2) is 27.9 Å². The molecule has 0 fully saturated rings. The lowest BCUT2D eigenvalue weighted by atomic mass is 10.1. The van der Waals surface area contributed by atoms with Crippen molar-refractivity contribution in [3.05, 3.63) is 88.3 Å². The van der Waals surface area contributed by atoms with Crippen LogP contribution in [0.4, 0.5) is 11.4 Å². The van der Waals surface area contributed by atoms with E-state index in [0.717, 1.165) is 33.0 Å². The molecule has 0 saturated carbocycles. The number of fused-ring (bicyclic) bond motifs is 1. The summed E-state index contributed by atoms with van der Waals surface area (Å²) in [5.41, 5.74) is 6.16. The number of pyridine rings is 1. The lowest BCUT2D eigenvalue weighted by Gasteiger charge is -2.18. The number of hydrogen-bond donors (Lipinski definition) is 1. The molecular weight excluding hydrogens is 434 g/mol. The molecule has 5 rings (SSSR count). The van der Waals surface area contributed by atoms with Crippen molar-refractivity contribution < 1.29 is 9.53 Å². The highest BCUT2D eigenvalue weighted by Gasteiger charge is 2.18. The van der Waals surface area contributed by atoms with Crippen LogP contribution >= 0.6 is 11.3 Å². The van der Waals surface area contributed by atoms with E-state index in [2.05, 4.69) is 10.3 Å². The summed E-state index contributed by atoms with van der Waals surface area (Å²) in [6.07, 6.45) is 3.52. The lowest BCUT2D eigenvalue weighted by Crippen LogP contribution is -2.25. The molecule has 0 unspecified atom stereocenters. The van der Waals surface area contributed by atoms with Crippen molar-refractivity contribution in [3.63, 3.8) is 0 Å². The molecule has 2 aromatic carbocycles. The van der Waals surface area contributed by atoms with E-state index in [1.165, 1.54) is 16.9 Å². The summed E-state index contributed by atoms with van der Waals surface area (Å²) in [6.45, 7) is 4.02. The van der Waals surface area contributed by atoms with Gasteiger partial charge in [-0.25, -0.2) is 9.67 Å². The normalized spacial score (nSPS) is 13.9. The van der Waals surface area contributed by atoms with Gasteiger partial charge in [-0.1, -0.05) is 23.8 Å². The summed E-state index contributed by atoms with van der Waals surface area (Å²) in [4.78, 5) is 21.6. The zero-order valence-corrected chi connectivity index (χ0v) is 19.0. The molecular formula is C25H21N5O2S. The van der Waals surface area contributed by atoms with E-state index in [9.17, 15) is 4.79 Å². The van der Waals surface area contributed by atoms with Crippen LogP contribution in [0.1, 0.15) is 18.1 Å². The van der Waals surface area contributed by atoms with Crippen molar-refractivity contribution in [2.45, 2.75) is 13.8 Å². The third-order valence-electron chi connectivity index (χ3n) is 5.18. The van der Waals surface area contributed by atoms with Crippen molar-refractivity contribution in [1.29, 1.82) is 0 Å². The first kappa shape index (κ1) is 20.8. The molecule has 0 radical (unpaired) electrons.